The van der Waals surface area contributed by atoms with E-state index in [-0.39, 0.29) is 12.1 Å². The van der Waals surface area contributed by atoms with E-state index in [0.717, 1.165) is 4.90 Å². The maximum absolute atomic E-state index is 11.9. The molecule has 2 aromatic rings. The second kappa shape index (κ2) is 8.16. The largest absolute Gasteiger partial charge is 0.472 e. The monoisotopic (exact) mass is 350 g/mol. The standard InChI is InChI=1S/C16H15ClN2O5/c1-19(8-14(20)18-13-5-3-2-4-12(13)17)15(21)10-24-16(22)11-6-7-23-9-11/h2-7,9H,8,10H2,1H3,(H,18,20). The van der Waals surface area contributed by atoms with Gasteiger partial charge in [0, 0.05) is 7.05 Å². The number of furan rings is 1. The van der Waals surface area contributed by atoms with Crippen molar-refractivity contribution in [2.75, 3.05) is 25.5 Å². The van der Waals surface area contributed by atoms with Crippen molar-refractivity contribution in [1.29, 1.82) is 0 Å². The maximum Gasteiger partial charge on any atom is 0.341 e. The summed E-state index contributed by atoms with van der Waals surface area (Å²) in [5, 5.41) is 3.00. The second-order valence-corrected chi connectivity index (χ2v) is 5.27. The van der Waals surface area contributed by atoms with Gasteiger partial charge in [-0.1, -0.05) is 23.7 Å². The van der Waals surface area contributed by atoms with Gasteiger partial charge in [0.1, 0.15) is 6.26 Å². The molecule has 8 heteroatoms. The summed E-state index contributed by atoms with van der Waals surface area (Å²) in [5.41, 5.74) is 0.665. The maximum atomic E-state index is 11.9. The average molecular weight is 351 g/mol. The molecule has 0 aliphatic heterocycles. The summed E-state index contributed by atoms with van der Waals surface area (Å²) in [4.78, 5) is 36.5. The Morgan fingerprint density at radius 3 is 2.67 bits per heavy atom. The fourth-order valence-electron chi connectivity index (χ4n) is 1.76. The predicted octanol–water partition coefficient (Wildman–Crippen LogP) is 2.19. The molecular formula is C16H15ClN2O5. The molecule has 1 aromatic heterocycles. The van der Waals surface area contributed by atoms with E-state index in [2.05, 4.69) is 5.32 Å². The van der Waals surface area contributed by atoms with Gasteiger partial charge in [0.25, 0.3) is 5.91 Å². The molecule has 0 unspecified atom stereocenters. The summed E-state index contributed by atoms with van der Waals surface area (Å²) in [6.45, 7) is -0.673. The van der Waals surface area contributed by atoms with Crippen LogP contribution in [0.3, 0.4) is 0 Å². The van der Waals surface area contributed by atoms with Crippen LogP contribution in [0.4, 0.5) is 5.69 Å². The molecular weight excluding hydrogens is 336 g/mol. The van der Waals surface area contributed by atoms with E-state index < -0.39 is 24.4 Å². The van der Waals surface area contributed by atoms with E-state index in [1.165, 1.54) is 25.6 Å². The molecule has 1 heterocycles. The number of hydrogen-bond acceptors (Lipinski definition) is 5. The van der Waals surface area contributed by atoms with Crippen LogP contribution in [-0.2, 0) is 14.3 Å². The van der Waals surface area contributed by atoms with Gasteiger partial charge in [-0.15, -0.1) is 0 Å². The number of rotatable bonds is 6. The third kappa shape index (κ3) is 4.85. The molecule has 1 aromatic carbocycles. The van der Waals surface area contributed by atoms with Gasteiger partial charge in [0.2, 0.25) is 5.91 Å². The summed E-state index contributed by atoms with van der Waals surface area (Å²) in [6, 6.07) is 8.18. The number of benzene rings is 1. The lowest BCUT2D eigenvalue weighted by Gasteiger charge is -2.17. The summed E-state index contributed by atoms with van der Waals surface area (Å²) in [5.74, 6) is -1.60. The highest BCUT2D eigenvalue weighted by Gasteiger charge is 2.17. The summed E-state index contributed by atoms with van der Waals surface area (Å²) < 4.78 is 9.59. The van der Waals surface area contributed by atoms with E-state index in [1.807, 2.05) is 0 Å². The molecule has 0 bridgehead atoms. The van der Waals surface area contributed by atoms with E-state index in [4.69, 9.17) is 20.8 Å². The van der Waals surface area contributed by atoms with E-state index >= 15 is 0 Å². The second-order valence-electron chi connectivity index (χ2n) is 4.87. The fraction of sp³-hybridized carbons (Fsp3) is 0.188. The van der Waals surface area contributed by atoms with Gasteiger partial charge in [-0.3, -0.25) is 9.59 Å². The zero-order chi connectivity index (χ0) is 17.5. The van der Waals surface area contributed by atoms with Crippen molar-refractivity contribution >= 4 is 35.1 Å². The predicted molar refractivity (Wildman–Crippen MR) is 86.7 cm³/mol. The number of halogens is 1. The molecule has 0 saturated carbocycles. The van der Waals surface area contributed by atoms with Gasteiger partial charge < -0.3 is 19.4 Å². The van der Waals surface area contributed by atoms with Crippen LogP contribution in [0.15, 0.2) is 47.3 Å². The van der Waals surface area contributed by atoms with Crippen molar-refractivity contribution in [2.45, 2.75) is 0 Å². The topological polar surface area (TPSA) is 88.9 Å². The number of nitrogens with zero attached hydrogens (tertiary/aromatic N) is 1. The minimum absolute atomic E-state index is 0.201. The van der Waals surface area contributed by atoms with Crippen molar-refractivity contribution in [3.8, 4) is 0 Å². The van der Waals surface area contributed by atoms with Crippen molar-refractivity contribution in [1.82, 2.24) is 4.90 Å². The molecule has 126 valence electrons. The van der Waals surface area contributed by atoms with E-state index in [9.17, 15) is 14.4 Å². The first kappa shape index (κ1) is 17.6. The molecule has 0 aliphatic carbocycles. The number of amides is 2. The third-order valence-corrected chi connectivity index (χ3v) is 3.37. The fourth-order valence-corrected chi connectivity index (χ4v) is 1.94. The van der Waals surface area contributed by atoms with Crippen molar-refractivity contribution in [3.05, 3.63) is 53.4 Å². The van der Waals surface area contributed by atoms with Crippen LogP contribution in [0.2, 0.25) is 5.02 Å². The number of para-hydroxylation sites is 1. The van der Waals surface area contributed by atoms with Gasteiger partial charge in [-0.2, -0.15) is 0 Å². The van der Waals surface area contributed by atoms with Gasteiger partial charge >= 0.3 is 5.97 Å². The Balaban J connectivity index is 1.79. The smallest absolute Gasteiger partial charge is 0.341 e. The summed E-state index contributed by atoms with van der Waals surface area (Å²) in [7, 11) is 1.43. The summed E-state index contributed by atoms with van der Waals surface area (Å²) >= 11 is 5.94. The van der Waals surface area contributed by atoms with Crippen molar-refractivity contribution in [3.63, 3.8) is 0 Å². The van der Waals surface area contributed by atoms with Crippen molar-refractivity contribution in [2.24, 2.45) is 0 Å². The van der Waals surface area contributed by atoms with Crippen molar-refractivity contribution < 1.29 is 23.5 Å². The highest BCUT2D eigenvalue weighted by atomic mass is 35.5. The molecule has 0 fully saturated rings. The number of nitrogens with one attached hydrogen (secondary N) is 1. The molecule has 0 spiro atoms. The molecule has 1 N–H and O–H groups in total. The number of carbonyl (C=O) groups excluding carboxylic acids is 3. The summed E-state index contributed by atoms with van der Waals surface area (Å²) in [6.07, 6.45) is 2.54. The number of esters is 1. The average Bonchev–Trinajstić information content (AvgIpc) is 3.09. The lowest BCUT2D eigenvalue weighted by molar-refractivity contribution is -0.136. The first-order valence-corrected chi connectivity index (χ1v) is 7.33. The van der Waals surface area contributed by atoms with Crippen LogP contribution in [0.5, 0.6) is 0 Å². The Labute approximate surface area is 143 Å². The van der Waals surface area contributed by atoms with E-state index in [1.54, 1.807) is 24.3 Å². The molecule has 0 atom stereocenters. The van der Waals surface area contributed by atoms with Crippen LogP contribution in [0, 0.1) is 0 Å². The van der Waals surface area contributed by atoms with Gasteiger partial charge in [-0.05, 0) is 18.2 Å². The highest BCUT2D eigenvalue weighted by molar-refractivity contribution is 6.33. The molecule has 0 aliphatic rings. The Morgan fingerprint density at radius 1 is 1.25 bits per heavy atom. The molecule has 0 saturated heterocycles. The Kier molecular flexibility index (Phi) is 5.97. The normalized spacial score (nSPS) is 10.1. The van der Waals surface area contributed by atoms with Gasteiger partial charge in [-0.25, -0.2) is 4.79 Å². The first-order chi connectivity index (χ1) is 11.5. The molecule has 0 radical (unpaired) electrons. The zero-order valence-electron chi connectivity index (χ0n) is 12.8. The first-order valence-electron chi connectivity index (χ1n) is 6.95. The molecule has 2 amide bonds. The number of hydrogen-bond donors (Lipinski definition) is 1. The molecule has 24 heavy (non-hydrogen) atoms. The zero-order valence-corrected chi connectivity index (χ0v) is 13.6. The van der Waals surface area contributed by atoms with Crippen LogP contribution in [-0.4, -0.2) is 42.9 Å². The van der Waals surface area contributed by atoms with Crippen LogP contribution in [0.25, 0.3) is 0 Å². The number of likely N-dealkylation sites (N-methyl/N-ethyl adjacent to an activating group) is 1. The Bertz CT molecular complexity index is 730. The lowest BCUT2D eigenvalue weighted by atomic mass is 10.3. The van der Waals surface area contributed by atoms with Gasteiger partial charge in [0.05, 0.1) is 29.1 Å². The van der Waals surface area contributed by atoms with Crippen LogP contribution < -0.4 is 5.32 Å². The van der Waals surface area contributed by atoms with Crippen LogP contribution >= 0.6 is 11.6 Å². The SMILES string of the molecule is CN(CC(=O)Nc1ccccc1Cl)C(=O)COC(=O)c1ccoc1. The van der Waals surface area contributed by atoms with Crippen LogP contribution in [0.1, 0.15) is 10.4 Å². The number of ether oxygens (including phenoxy) is 1. The molecule has 7 nitrogen and oxygen atoms in total. The van der Waals surface area contributed by atoms with Gasteiger partial charge in [0.15, 0.2) is 6.61 Å². The number of carbonyl (C=O) groups is 3. The molecule has 2 rings (SSSR count). The Hall–Kier alpha value is -2.80. The quantitative estimate of drug-likeness (QED) is 0.807. The highest BCUT2D eigenvalue weighted by Crippen LogP contribution is 2.20. The third-order valence-electron chi connectivity index (χ3n) is 3.04. The Morgan fingerprint density at radius 2 is 2.00 bits per heavy atom. The lowest BCUT2D eigenvalue weighted by Crippen LogP contribution is -2.37. The number of anilines is 1. The van der Waals surface area contributed by atoms with E-state index in [0.29, 0.717) is 10.7 Å². The minimum Gasteiger partial charge on any atom is -0.472 e. The minimum atomic E-state index is -0.675.